The highest BCUT2D eigenvalue weighted by Crippen LogP contribution is 2.32. The number of hydrogen-bond donors (Lipinski definition) is 0. The van der Waals surface area contributed by atoms with Crippen LogP contribution in [0.15, 0.2) is 35.3 Å². The molecule has 0 aromatic heterocycles. The van der Waals surface area contributed by atoms with Crippen molar-refractivity contribution in [3.8, 4) is 11.5 Å². The number of rotatable bonds is 6. The van der Waals surface area contributed by atoms with Gasteiger partial charge in [-0.1, -0.05) is 0 Å². The van der Waals surface area contributed by atoms with Crippen molar-refractivity contribution in [3.05, 3.63) is 50.8 Å². The van der Waals surface area contributed by atoms with Crippen molar-refractivity contribution in [2.24, 2.45) is 4.99 Å². The molecule has 128 valence electrons. The summed E-state index contributed by atoms with van der Waals surface area (Å²) in [7, 11) is 0. The predicted octanol–water partition coefficient (Wildman–Crippen LogP) is 5.84. The van der Waals surface area contributed by atoms with Gasteiger partial charge in [0.1, 0.15) is 17.3 Å². The van der Waals surface area contributed by atoms with Crippen LogP contribution in [0.3, 0.4) is 0 Å². The Hall–Kier alpha value is -1.63. The Morgan fingerprint density at radius 3 is 2.46 bits per heavy atom. The summed E-state index contributed by atoms with van der Waals surface area (Å²) in [6, 6.07) is 8.73. The van der Waals surface area contributed by atoms with Gasteiger partial charge in [0, 0.05) is 13.1 Å². The number of halogens is 2. The molecule has 5 heteroatoms. The third kappa shape index (κ3) is 4.69. The summed E-state index contributed by atoms with van der Waals surface area (Å²) in [6.45, 7) is 10.1. The number of nitrogens with zero attached hydrogens (tertiary/aromatic N) is 2. The first-order chi connectivity index (χ1) is 11.4. The Labute approximate surface area is 156 Å². The summed E-state index contributed by atoms with van der Waals surface area (Å²) in [5, 5.41) is 0. The topological polar surface area (TPSA) is 24.8 Å². The van der Waals surface area contributed by atoms with Gasteiger partial charge in [0.05, 0.1) is 15.6 Å². The van der Waals surface area contributed by atoms with Crippen LogP contribution in [0.1, 0.15) is 25.0 Å². The number of aryl methyl sites for hydroxylation is 2. The molecule has 0 fully saturated rings. The average molecular weight is 440 g/mol. The molecule has 0 radical (unpaired) electrons. The first kappa shape index (κ1) is 18.7. The molecule has 0 N–H and O–H groups in total. The number of hydrogen-bond acceptors (Lipinski definition) is 2. The standard InChI is InChI=1S/C19H22FIN2O/c1-5-23(6-2)12-22-18-9-14(4)19(10-13(18)3)24-15-7-8-16(20)17(21)11-15/h7-12H,5-6H2,1-4H3/b22-12+. The fourth-order valence-electron chi connectivity index (χ4n) is 2.22. The molecule has 0 aliphatic heterocycles. The van der Waals surface area contributed by atoms with Crippen LogP contribution in [-0.2, 0) is 0 Å². The Balaban J connectivity index is 2.24. The van der Waals surface area contributed by atoms with Crippen molar-refractivity contribution >= 4 is 34.6 Å². The molecule has 24 heavy (non-hydrogen) atoms. The minimum Gasteiger partial charge on any atom is -0.457 e. The van der Waals surface area contributed by atoms with E-state index in [4.69, 9.17) is 4.74 Å². The molecule has 0 heterocycles. The van der Waals surface area contributed by atoms with Gasteiger partial charge in [0.2, 0.25) is 0 Å². The molecule has 3 nitrogen and oxygen atoms in total. The Bertz CT molecular complexity index is 742. The zero-order chi connectivity index (χ0) is 17.7. The Morgan fingerprint density at radius 2 is 1.83 bits per heavy atom. The van der Waals surface area contributed by atoms with E-state index in [2.05, 4.69) is 23.7 Å². The lowest BCUT2D eigenvalue weighted by molar-refractivity contribution is 0.475. The molecule has 0 unspecified atom stereocenters. The first-order valence-electron chi connectivity index (χ1n) is 7.97. The van der Waals surface area contributed by atoms with Crippen molar-refractivity contribution in [1.29, 1.82) is 0 Å². The van der Waals surface area contributed by atoms with Crippen molar-refractivity contribution in [2.75, 3.05) is 13.1 Å². The van der Waals surface area contributed by atoms with Gasteiger partial charge in [-0.15, -0.1) is 0 Å². The molecule has 2 rings (SSSR count). The van der Waals surface area contributed by atoms with E-state index in [9.17, 15) is 4.39 Å². The summed E-state index contributed by atoms with van der Waals surface area (Å²) in [4.78, 5) is 6.72. The third-order valence-corrected chi connectivity index (χ3v) is 4.61. The fraction of sp³-hybridized carbons (Fsp3) is 0.316. The van der Waals surface area contributed by atoms with Crippen LogP contribution in [-0.4, -0.2) is 24.3 Å². The lowest BCUT2D eigenvalue weighted by Gasteiger charge is -2.15. The van der Waals surface area contributed by atoms with E-state index >= 15 is 0 Å². The molecule has 0 atom stereocenters. The molecule has 0 saturated heterocycles. The largest absolute Gasteiger partial charge is 0.457 e. The summed E-state index contributed by atoms with van der Waals surface area (Å²) in [6.07, 6.45) is 1.88. The third-order valence-electron chi connectivity index (χ3n) is 3.78. The normalized spacial score (nSPS) is 11.1. The number of ether oxygens (including phenoxy) is 1. The van der Waals surface area contributed by atoms with Crippen LogP contribution in [0.5, 0.6) is 11.5 Å². The number of aliphatic imine (C=N–C) groups is 1. The van der Waals surface area contributed by atoms with Crippen LogP contribution in [0.4, 0.5) is 10.1 Å². The van der Waals surface area contributed by atoms with Gasteiger partial charge in [-0.2, -0.15) is 0 Å². The second-order valence-electron chi connectivity index (χ2n) is 5.55. The zero-order valence-electron chi connectivity index (χ0n) is 14.4. The summed E-state index contributed by atoms with van der Waals surface area (Å²) in [5.41, 5.74) is 2.96. The van der Waals surface area contributed by atoms with Gasteiger partial charge in [0.25, 0.3) is 0 Å². The molecule has 0 spiro atoms. The van der Waals surface area contributed by atoms with Crippen LogP contribution in [0.2, 0.25) is 0 Å². The monoisotopic (exact) mass is 440 g/mol. The van der Waals surface area contributed by atoms with Crippen molar-refractivity contribution in [1.82, 2.24) is 4.90 Å². The van der Waals surface area contributed by atoms with Gasteiger partial charge in [0.15, 0.2) is 0 Å². The van der Waals surface area contributed by atoms with Gasteiger partial charge in [-0.3, -0.25) is 0 Å². The van der Waals surface area contributed by atoms with E-state index in [0.717, 1.165) is 35.7 Å². The highest BCUT2D eigenvalue weighted by molar-refractivity contribution is 14.1. The maximum atomic E-state index is 13.4. The molecular formula is C19H22FIN2O. The van der Waals surface area contributed by atoms with Crippen molar-refractivity contribution in [3.63, 3.8) is 0 Å². The maximum absolute atomic E-state index is 13.4. The molecule has 2 aromatic rings. The minimum absolute atomic E-state index is 0.239. The van der Waals surface area contributed by atoms with Crippen molar-refractivity contribution in [2.45, 2.75) is 27.7 Å². The first-order valence-corrected chi connectivity index (χ1v) is 9.04. The molecule has 0 saturated carbocycles. The van der Waals surface area contributed by atoms with Gasteiger partial charge >= 0.3 is 0 Å². The zero-order valence-corrected chi connectivity index (χ0v) is 16.6. The second kappa shape index (κ2) is 8.46. The smallest absolute Gasteiger partial charge is 0.136 e. The fourth-order valence-corrected chi connectivity index (χ4v) is 2.71. The van der Waals surface area contributed by atoms with Gasteiger partial charge in [-0.25, -0.2) is 9.38 Å². The Morgan fingerprint density at radius 1 is 1.12 bits per heavy atom. The van der Waals surface area contributed by atoms with E-state index in [1.807, 2.05) is 54.9 Å². The highest BCUT2D eigenvalue weighted by atomic mass is 127. The predicted molar refractivity (Wildman–Crippen MR) is 106 cm³/mol. The van der Waals surface area contributed by atoms with Crippen LogP contribution in [0.25, 0.3) is 0 Å². The summed E-state index contributed by atoms with van der Waals surface area (Å²) < 4.78 is 19.8. The van der Waals surface area contributed by atoms with E-state index in [0.29, 0.717) is 9.32 Å². The summed E-state index contributed by atoms with van der Waals surface area (Å²) in [5.74, 6) is 1.15. The van der Waals surface area contributed by atoms with E-state index in [1.54, 1.807) is 12.1 Å². The average Bonchev–Trinajstić information content (AvgIpc) is 2.56. The quantitative estimate of drug-likeness (QED) is 0.320. The second-order valence-corrected chi connectivity index (χ2v) is 6.71. The lowest BCUT2D eigenvalue weighted by Crippen LogP contribution is -2.20. The molecular weight excluding hydrogens is 418 g/mol. The van der Waals surface area contributed by atoms with E-state index in [-0.39, 0.29) is 5.82 Å². The Kier molecular flexibility index (Phi) is 6.60. The van der Waals surface area contributed by atoms with Crippen LogP contribution < -0.4 is 4.74 Å². The van der Waals surface area contributed by atoms with E-state index in [1.165, 1.54) is 6.07 Å². The highest BCUT2D eigenvalue weighted by Gasteiger charge is 2.08. The van der Waals surface area contributed by atoms with Crippen molar-refractivity contribution < 1.29 is 9.13 Å². The van der Waals surface area contributed by atoms with E-state index < -0.39 is 0 Å². The molecule has 0 aliphatic rings. The molecule has 0 amide bonds. The SMILES string of the molecule is CCN(/C=N/c1cc(C)c(Oc2ccc(F)c(I)c2)cc1C)CC. The number of benzene rings is 2. The molecule has 0 bridgehead atoms. The molecule has 2 aromatic carbocycles. The molecule has 0 aliphatic carbocycles. The van der Waals surface area contributed by atoms with Gasteiger partial charge < -0.3 is 9.64 Å². The lowest BCUT2D eigenvalue weighted by atomic mass is 10.1. The van der Waals surface area contributed by atoms with Crippen LogP contribution in [0, 0.1) is 23.2 Å². The summed E-state index contributed by atoms with van der Waals surface area (Å²) >= 11 is 1.96. The van der Waals surface area contributed by atoms with Gasteiger partial charge in [-0.05, 0) is 91.7 Å². The maximum Gasteiger partial charge on any atom is 0.136 e. The van der Waals surface area contributed by atoms with Crippen LogP contribution >= 0.6 is 22.6 Å². The minimum atomic E-state index is -0.239.